The van der Waals surface area contributed by atoms with Crippen LogP contribution in [0, 0.1) is 15.9 Å². The van der Waals surface area contributed by atoms with E-state index in [1.165, 1.54) is 25.4 Å². The van der Waals surface area contributed by atoms with E-state index in [1.807, 2.05) is 0 Å². The van der Waals surface area contributed by atoms with Crippen molar-refractivity contribution in [3.05, 3.63) is 72.8 Å². The molecule has 8 heteroatoms. The largest absolute Gasteiger partial charge is 0.331 e. The fourth-order valence-electron chi connectivity index (χ4n) is 1.76. The van der Waals surface area contributed by atoms with Crippen molar-refractivity contribution in [2.75, 3.05) is 0 Å². The fraction of sp³-hybridized carbons (Fsp3) is 0.167. The Balaban J connectivity index is 2.54. The predicted molar refractivity (Wildman–Crippen MR) is 68.1 cm³/mol. The van der Waals surface area contributed by atoms with Crippen LogP contribution in [-0.2, 0) is 13.6 Å². The Kier molecular flexibility index (Phi) is 3.47. The van der Waals surface area contributed by atoms with E-state index in [0.717, 1.165) is 21.3 Å². The molecule has 0 fully saturated rings. The van der Waals surface area contributed by atoms with E-state index < -0.39 is 27.7 Å². The molecule has 0 N–H and O–H groups in total. The van der Waals surface area contributed by atoms with E-state index in [2.05, 4.69) is 0 Å². The number of nitrogens with zero attached hydrogens (tertiary/aromatic N) is 3. The third-order valence-corrected chi connectivity index (χ3v) is 2.82. The van der Waals surface area contributed by atoms with Gasteiger partial charge in [0, 0.05) is 30.9 Å². The van der Waals surface area contributed by atoms with Gasteiger partial charge in [0.25, 0.3) is 5.56 Å². The topological polar surface area (TPSA) is 87.1 Å². The number of nitro benzene ring substituents is 1. The molecule has 0 radical (unpaired) electrons. The van der Waals surface area contributed by atoms with Gasteiger partial charge < -0.3 is 4.57 Å². The predicted octanol–water partition coefficient (Wildman–Crippen LogP) is 0.643. The molecule has 20 heavy (non-hydrogen) atoms. The fourth-order valence-corrected chi connectivity index (χ4v) is 1.76. The smallest absolute Gasteiger partial charge is 0.303 e. The van der Waals surface area contributed by atoms with Gasteiger partial charge in [-0.25, -0.2) is 4.79 Å². The standard InChI is InChI=1S/C12H10FN3O4/c1-14-6-5-10(17)15(12(14)18)7-8-3-2-4-9(11(8)13)16(19)20/h2-6H,7H2,1H3. The molecule has 2 aromatic rings. The molecule has 0 unspecified atom stereocenters. The van der Waals surface area contributed by atoms with Crippen LogP contribution in [0.25, 0.3) is 0 Å². The molecule has 1 aromatic carbocycles. The van der Waals surface area contributed by atoms with Gasteiger partial charge in [-0.2, -0.15) is 4.39 Å². The molecule has 0 saturated carbocycles. The van der Waals surface area contributed by atoms with Crippen molar-refractivity contribution in [2.45, 2.75) is 6.54 Å². The zero-order valence-corrected chi connectivity index (χ0v) is 10.4. The first-order valence-electron chi connectivity index (χ1n) is 5.60. The van der Waals surface area contributed by atoms with Crippen molar-refractivity contribution < 1.29 is 9.31 Å². The summed E-state index contributed by atoms with van der Waals surface area (Å²) >= 11 is 0. The van der Waals surface area contributed by atoms with Gasteiger partial charge in [0.15, 0.2) is 0 Å². The van der Waals surface area contributed by atoms with Crippen LogP contribution < -0.4 is 11.2 Å². The Bertz CT molecular complexity index is 794. The van der Waals surface area contributed by atoms with Gasteiger partial charge >= 0.3 is 11.4 Å². The summed E-state index contributed by atoms with van der Waals surface area (Å²) < 4.78 is 15.9. The lowest BCUT2D eigenvalue weighted by molar-refractivity contribution is -0.387. The normalized spacial score (nSPS) is 10.5. The van der Waals surface area contributed by atoms with Gasteiger partial charge in [0.2, 0.25) is 5.82 Å². The number of nitro groups is 1. The van der Waals surface area contributed by atoms with E-state index in [4.69, 9.17) is 0 Å². The van der Waals surface area contributed by atoms with Crippen LogP contribution in [0.2, 0.25) is 0 Å². The average Bonchev–Trinajstić information content (AvgIpc) is 2.40. The third-order valence-electron chi connectivity index (χ3n) is 2.82. The lowest BCUT2D eigenvalue weighted by Crippen LogP contribution is -2.38. The summed E-state index contributed by atoms with van der Waals surface area (Å²) in [5.41, 5.74) is -2.00. The zero-order chi connectivity index (χ0) is 14.9. The molecule has 0 atom stereocenters. The Morgan fingerprint density at radius 3 is 2.65 bits per heavy atom. The van der Waals surface area contributed by atoms with Crippen molar-refractivity contribution in [2.24, 2.45) is 7.05 Å². The van der Waals surface area contributed by atoms with E-state index in [0.29, 0.717) is 0 Å². The Labute approximate surface area is 111 Å². The van der Waals surface area contributed by atoms with Crippen molar-refractivity contribution in [1.82, 2.24) is 9.13 Å². The van der Waals surface area contributed by atoms with Gasteiger partial charge in [-0.3, -0.25) is 19.5 Å². The van der Waals surface area contributed by atoms with Crippen LogP contribution >= 0.6 is 0 Å². The molecular formula is C12H10FN3O4. The SMILES string of the molecule is Cn1ccc(=O)n(Cc2cccc([N+](=O)[O-])c2F)c1=O. The van der Waals surface area contributed by atoms with E-state index in [9.17, 15) is 24.1 Å². The zero-order valence-electron chi connectivity index (χ0n) is 10.4. The molecule has 0 bridgehead atoms. The number of rotatable bonds is 3. The molecule has 1 heterocycles. The molecule has 104 valence electrons. The molecular weight excluding hydrogens is 269 g/mol. The summed E-state index contributed by atoms with van der Waals surface area (Å²) in [6.45, 7) is -0.361. The van der Waals surface area contributed by atoms with Gasteiger partial charge in [-0.1, -0.05) is 12.1 Å². The van der Waals surface area contributed by atoms with E-state index in [-0.39, 0.29) is 12.1 Å². The van der Waals surface area contributed by atoms with E-state index in [1.54, 1.807) is 0 Å². The number of aromatic nitrogens is 2. The minimum absolute atomic E-state index is 0.0930. The first-order valence-corrected chi connectivity index (χ1v) is 5.60. The third kappa shape index (κ3) is 2.35. The summed E-state index contributed by atoms with van der Waals surface area (Å²) in [4.78, 5) is 33.2. The number of benzene rings is 1. The van der Waals surface area contributed by atoms with Crippen molar-refractivity contribution in [1.29, 1.82) is 0 Å². The van der Waals surface area contributed by atoms with Crippen LogP contribution in [-0.4, -0.2) is 14.1 Å². The molecule has 1 aromatic heterocycles. The highest BCUT2D eigenvalue weighted by atomic mass is 19.1. The molecule has 0 spiro atoms. The number of hydrogen-bond acceptors (Lipinski definition) is 4. The van der Waals surface area contributed by atoms with Gasteiger partial charge in [-0.05, 0) is 0 Å². The summed E-state index contributed by atoms with van der Waals surface area (Å²) in [6.07, 6.45) is 1.30. The maximum Gasteiger partial charge on any atom is 0.331 e. The second kappa shape index (κ2) is 5.08. The van der Waals surface area contributed by atoms with Crippen molar-refractivity contribution in [3.8, 4) is 0 Å². The maximum absolute atomic E-state index is 13.9. The highest BCUT2D eigenvalue weighted by Gasteiger charge is 2.18. The van der Waals surface area contributed by atoms with Crippen LogP contribution in [0.5, 0.6) is 0 Å². The summed E-state index contributed by atoms with van der Waals surface area (Å²) in [6, 6.07) is 4.78. The van der Waals surface area contributed by atoms with Gasteiger partial charge in [0.05, 0.1) is 11.5 Å². The molecule has 0 aliphatic heterocycles. The number of hydrogen-bond donors (Lipinski definition) is 0. The molecule has 0 amide bonds. The quantitative estimate of drug-likeness (QED) is 0.609. The first kappa shape index (κ1) is 13.7. The Morgan fingerprint density at radius 2 is 2.00 bits per heavy atom. The molecule has 0 saturated heterocycles. The average molecular weight is 279 g/mol. The number of halogens is 1. The van der Waals surface area contributed by atoms with Crippen LogP contribution in [0.4, 0.5) is 10.1 Å². The first-order chi connectivity index (χ1) is 9.41. The lowest BCUT2D eigenvalue weighted by Gasteiger charge is -2.07. The molecule has 7 nitrogen and oxygen atoms in total. The van der Waals surface area contributed by atoms with Crippen LogP contribution in [0.15, 0.2) is 40.1 Å². The maximum atomic E-state index is 13.9. The lowest BCUT2D eigenvalue weighted by atomic mass is 10.2. The van der Waals surface area contributed by atoms with Crippen LogP contribution in [0.1, 0.15) is 5.56 Å². The Hall–Kier alpha value is -2.77. The van der Waals surface area contributed by atoms with Gasteiger partial charge in [0.1, 0.15) is 0 Å². The highest BCUT2D eigenvalue weighted by molar-refractivity contribution is 5.36. The summed E-state index contributed by atoms with van der Waals surface area (Å²) in [5.74, 6) is -1.05. The van der Waals surface area contributed by atoms with E-state index >= 15 is 0 Å². The second-order valence-electron chi connectivity index (χ2n) is 4.14. The molecule has 0 aliphatic rings. The van der Waals surface area contributed by atoms with Crippen molar-refractivity contribution in [3.63, 3.8) is 0 Å². The summed E-state index contributed by atoms with van der Waals surface area (Å²) in [5, 5.41) is 10.6. The molecule has 0 aliphatic carbocycles. The summed E-state index contributed by atoms with van der Waals surface area (Å²) in [7, 11) is 1.45. The minimum Gasteiger partial charge on any atom is -0.303 e. The van der Waals surface area contributed by atoms with Crippen molar-refractivity contribution >= 4 is 5.69 Å². The Morgan fingerprint density at radius 1 is 1.30 bits per heavy atom. The molecule has 2 rings (SSSR count). The minimum atomic E-state index is -1.05. The van der Waals surface area contributed by atoms with Gasteiger partial charge in [-0.15, -0.1) is 0 Å². The highest BCUT2D eigenvalue weighted by Crippen LogP contribution is 2.20. The monoisotopic (exact) mass is 279 g/mol. The van der Waals surface area contributed by atoms with Crippen LogP contribution in [0.3, 0.4) is 0 Å². The second-order valence-corrected chi connectivity index (χ2v) is 4.14. The number of aryl methyl sites for hydroxylation is 1.